The number of likely N-dealkylation sites (N-methyl/N-ethyl adjacent to an activating group) is 1. The third kappa shape index (κ3) is 3.76. The Labute approximate surface area is 155 Å². The van der Waals surface area contributed by atoms with Gasteiger partial charge in [-0.05, 0) is 31.3 Å². The number of aryl methyl sites for hydroxylation is 1. The van der Waals surface area contributed by atoms with Crippen molar-refractivity contribution in [1.82, 2.24) is 19.7 Å². The van der Waals surface area contributed by atoms with Crippen LogP contribution in [0, 0.1) is 5.82 Å². The van der Waals surface area contributed by atoms with Gasteiger partial charge in [0.25, 0.3) is 5.91 Å². The zero-order valence-corrected chi connectivity index (χ0v) is 16.0. The molecule has 0 aliphatic heterocycles. The van der Waals surface area contributed by atoms with Crippen molar-refractivity contribution in [1.29, 1.82) is 0 Å². The SMILES string of the molecule is CCN(CC)CCN(C(=O)c1ccn(C)n1)c1nc2c(F)cccc2s1. The number of carbonyl (C=O) groups is 1. The van der Waals surface area contributed by atoms with E-state index in [9.17, 15) is 9.18 Å². The molecule has 3 aromatic rings. The van der Waals surface area contributed by atoms with Crippen LogP contribution in [0.2, 0.25) is 0 Å². The zero-order chi connectivity index (χ0) is 18.7. The molecule has 0 aliphatic rings. The Balaban J connectivity index is 1.95. The van der Waals surface area contributed by atoms with Crippen molar-refractivity contribution in [3.05, 3.63) is 42.0 Å². The zero-order valence-electron chi connectivity index (χ0n) is 15.1. The van der Waals surface area contributed by atoms with E-state index in [1.807, 2.05) is 6.07 Å². The molecule has 8 heteroatoms. The van der Waals surface area contributed by atoms with Crippen molar-refractivity contribution < 1.29 is 9.18 Å². The lowest BCUT2D eigenvalue weighted by atomic mass is 10.3. The Morgan fingerprint density at radius 1 is 1.23 bits per heavy atom. The number of aromatic nitrogens is 3. The fourth-order valence-corrected chi connectivity index (χ4v) is 3.76. The number of fused-ring (bicyclic) bond motifs is 1. The minimum atomic E-state index is -0.376. The molecule has 0 radical (unpaired) electrons. The second-order valence-corrected chi connectivity index (χ2v) is 6.95. The molecule has 0 spiro atoms. The number of hydrogen-bond donors (Lipinski definition) is 0. The maximum atomic E-state index is 14.0. The molecule has 0 fully saturated rings. The monoisotopic (exact) mass is 375 g/mol. The summed E-state index contributed by atoms with van der Waals surface area (Å²) in [6.45, 7) is 7.15. The van der Waals surface area contributed by atoms with Crippen molar-refractivity contribution in [3.8, 4) is 0 Å². The highest BCUT2D eigenvalue weighted by molar-refractivity contribution is 7.22. The molecular formula is C18H22FN5OS. The van der Waals surface area contributed by atoms with Gasteiger partial charge in [0.05, 0.1) is 4.70 Å². The molecular weight excluding hydrogens is 353 g/mol. The first-order valence-electron chi connectivity index (χ1n) is 8.62. The first-order valence-corrected chi connectivity index (χ1v) is 9.44. The van der Waals surface area contributed by atoms with Crippen molar-refractivity contribution >= 4 is 32.6 Å². The van der Waals surface area contributed by atoms with Crippen LogP contribution >= 0.6 is 11.3 Å². The number of benzene rings is 1. The lowest BCUT2D eigenvalue weighted by molar-refractivity contribution is 0.0978. The summed E-state index contributed by atoms with van der Waals surface area (Å²) in [6, 6.07) is 6.53. The quantitative estimate of drug-likeness (QED) is 0.637. The van der Waals surface area contributed by atoms with E-state index in [0.29, 0.717) is 29.4 Å². The van der Waals surface area contributed by atoms with E-state index >= 15 is 0 Å². The third-order valence-electron chi connectivity index (χ3n) is 4.30. The van der Waals surface area contributed by atoms with Crippen LogP contribution in [0.4, 0.5) is 9.52 Å². The van der Waals surface area contributed by atoms with Crippen LogP contribution in [0.1, 0.15) is 24.3 Å². The van der Waals surface area contributed by atoms with Gasteiger partial charge in [-0.2, -0.15) is 5.10 Å². The molecule has 0 N–H and O–H groups in total. The number of thiazole rings is 1. The van der Waals surface area contributed by atoms with Crippen LogP contribution in [-0.4, -0.2) is 51.8 Å². The van der Waals surface area contributed by atoms with Gasteiger partial charge in [0.1, 0.15) is 11.3 Å². The lowest BCUT2D eigenvalue weighted by Gasteiger charge is -2.24. The summed E-state index contributed by atoms with van der Waals surface area (Å²) >= 11 is 1.32. The summed E-state index contributed by atoms with van der Waals surface area (Å²) in [5.74, 6) is -0.601. The van der Waals surface area contributed by atoms with Gasteiger partial charge in [0.2, 0.25) is 0 Å². The Hall–Kier alpha value is -2.32. The lowest BCUT2D eigenvalue weighted by Crippen LogP contribution is -2.39. The minimum Gasteiger partial charge on any atom is -0.302 e. The van der Waals surface area contributed by atoms with Gasteiger partial charge in [-0.3, -0.25) is 14.4 Å². The van der Waals surface area contributed by atoms with Crippen LogP contribution in [0.3, 0.4) is 0 Å². The Morgan fingerprint density at radius 3 is 2.62 bits per heavy atom. The molecule has 0 unspecified atom stereocenters. The summed E-state index contributed by atoms with van der Waals surface area (Å²) in [4.78, 5) is 21.2. The van der Waals surface area contributed by atoms with Crippen LogP contribution < -0.4 is 4.90 Å². The second-order valence-electron chi connectivity index (χ2n) is 5.94. The first kappa shape index (κ1) is 18.5. The van der Waals surface area contributed by atoms with E-state index in [0.717, 1.165) is 17.8 Å². The molecule has 138 valence electrons. The molecule has 26 heavy (non-hydrogen) atoms. The molecule has 2 aromatic heterocycles. The summed E-state index contributed by atoms with van der Waals surface area (Å²) in [5, 5.41) is 4.70. The molecule has 0 bridgehead atoms. The smallest absolute Gasteiger partial charge is 0.280 e. The van der Waals surface area contributed by atoms with Gasteiger partial charge in [-0.1, -0.05) is 31.3 Å². The fraction of sp³-hybridized carbons (Fsp3) is 0.389. The van der Waals surface area contributed by atoms with Crippen molar-refractivity contribution in [2.75, 3.05) is 31.1 Å². The van der Waals surface area contributed by atoms with E-state index in [1.165, 1.54) is 17.4 Å². The minimum absolute atomic E-state index is 0.225. The molecule has 0 aliphatic carbocycles. The molecule has 1 aromatic carbocycles. The van der Waals surface area contributed by atoms with Crippen LogP contribution in [0.25, 0.3) is 10.2 Å². The number of hydrogen-bond acceptors (Lipinski definition) is 5. The number of para-hydroxylation sites is 1. The Morgan fingerprint density at radius 2 is 2.00 bits per heavy atom. The summed E-state index contributed by atoms with van der Waals surface area (Å²) in [7, 11) is 1.77. The average Bonchev–Trinajstić information content (AvgIpc) is 3.25. The standard InChI is InChI=1S/C18H22FN5OS/c1-4-23(5-2)11-12-24(17(25)14-9-10-22(3)21-14)18-20-16-13(19)7-6-8-15(16)26-18/h6-10H,4-5,11-12H2,1-3H3. The molecule has 1 amide bonds. The first-order chi connectivity index (χ1) is 12.5. The highest BCUT2D eigenvalue weighted by atomic mass is 32.1. The molecule has 0 saturated carbocycles. The van der Waals surface area contributed by atoms with Gasteiger partial charge in [-0.25, -0.2) is 9.37 Å². The predicted molar refractivity (Wildman–Crippen MR) is 102 cm³/mol. The number of carbonyl (C=O) groups excluding carboxylic acids is 1. The van der Waals surface area contributed by atoms with Gasteiger partial charge >= 0.3 is 0 Å². The van der Waals surface area contributed by atoms with Crippen LogP contribution in [-0.2, 0) is 7.05 Å². The second kappa shape index (κ2) is 7.92. The topological polar surface area (TPSA) is 54.3 Å². The van der Waals surface area contributed by atoms with E-state index in [4.69, 9.17) is 0 Å². The van der Waals surface area contributed by atoms with E-state index in [1.54, 1.807) is 35.0 Å². The summed E-state index contributed by atoms with van der Waals surface area (Å²) in [5.41, 5.74) is 0.654. The number of anilines is 1. The molecule has 0 atom stereocenters. The van der Waals surface area contributed by atoms with Crippen molar-refractivity contribution in [2.45, 2.75) is 13.8 Å². The largest absolute Gasteiger partial charge is 0.302 e. The van der Waals surface area contributed by atoms with Crippen molar-refractivity contribution in [3.63, 3.8) is 0 Å². The van der Waals surface area contributed by atoms with Gasteiger partial charge < -0.3 is 4.90 Å². The highest BCUT2D eigenvalue weighted by Gasteiger charge is 2.24. The Kier molecular flexibility index (Phi) is 5.63. The molecule has 6 nitrogen and oxygen atoms in total. The normalized spacial score (nSPS) is 11.4. The number of amides is 1. The van der Waals surface area contributed by atoms with Crippen LogP contribution in [0.5, 0.6) is 0 Å². The third-order valence-corrected chi connectivity index (χ3v) is 5.35. The van der Waals surface area contributed by atoms with Gasteiger partial charge in [-0.15, -0.1) is 0 Å². The number of rotatable bonds is 7. The van der Waals surface area contributed by atoms with Gasteiger partial charge in [0.15, 0.2) is 10.8 Å². The Bertz CT molecular complexity index is 902. The maximum Gasteiger partial charge on any atom is 0.280 e. The summed E-state index contributed by atoms with van der Waals surface area (Å²) < 4.78 is 16.3. The molecule has 2 heterocycles. The highest BCUT2D eigenvalue weighted by Crippen LogP contribution is 2.30. The summed E-state index contributed by atoms with van der Waals surface area (Å²) in [6.07, 6.45) is 1.73. The van der Waals surface area contributed by atoms with E-state index < -0.39 is 0 Å². The van der Waals surface area contributed by atoms with Crippen LogP contribution in [0.15, 0.2) is 30.5 Å². The molecule has 0 saturated heterocycles. The number of halogens is 1. The molecule has 3 rings (SSSR count). The average molecular weight is 375 g/mol. The van der Waals surface area contributed by atoms with E-state index in [-0.39, 0.29) is 11.7 Å². The van der Waals surface area contributed by atoms with E-state index in [2.05, 4.69) is 28.8 Å². The number of nitrogens with zero attached hydrogens (tertiary/aromatic N) is 5. The van der Waals surface area contributed by atoms with Gasteiger partial charge in [0, 0.05) is 26.3 Å². The maximum absolute atomic E-state index is 14.0. The van der Waals surface area contributed by atoms with Crippen molar-refractivity contribution in [2.24, 2.45) is 7.05 Å². The fourth-order valence-electron chi connectivity index (χ4n) is 2.75. The predicted octanol–water partition coefficient (Wildman–Crippen LogP) is 3.16.